The first-order chi connectivity index (χ1) is 6.70. The molecule has 1 aromatic heterocycles. The first-order valence-corrected chi connectivity index (χ1v) is 4.77. The second-order valence-corrected chi connectivity index (χ2v) is 2.83. The lowest BCUT2D eigenvalue weighted by Crippen LogP contribution is -1.89. The average molecular weight is 194 g/mol. The minimum absolute atomic E-state index is 0.254. The molecule has 0 bridgehead atoms. The van der Waals surface area contributed by atoms with Gasteiger partial charge in [0.1, 0.15) is 11.3 Å². The number of rotatable bonds is 0. The van der Waals surface area contributed by atoms with Gasteiger partial charge in [-0.2, -0.15) is 0 Å². The molecule has 2 nitrogen and oxygen atoms in total. The number of halogens is 1. The molecule has 3 heteroatoms. The van der Waals surface area contributed by atoms with Crippen LogP contribution in [0.5, 0.6) is 0 Å². The Labute approximate surface area is 83.4 Å². The summed E-state index contributed by atoms with van der Waals surface area (Å²) in [5, 5.41) is 0. The number of aryl methyl sites for hydroxylation is 2. The highest BCUT2D eigenvalue weighted by Crippen LogP contribution is 2.16. The van der Waals surface area contributed by atoms with Crippen LogP contribution in [0.25, 0.3) is 11.0 Å². The van der Waals surface area contributed by atoms with E-state index in [0.29, 0.717) is 5.52 Å². The molecule has 1 heterocycles. The number of para-hydroxylation sites is 1. The van der Waals surface area contributed by atoms with Crippen LogP contribution in [0, 0.1) is 12.7 Å². The lowest BCUT2D eigenvalue weighted by Gasteiger charge is -1.94. The molecule has 0 saturated carbocycles. The standard InChI is InChI=1S/C9H9FN2.C2H6/c1-6-11-9-7(10)4-3-5-8(9)12(6)2;1-2/h3-5H,1-2H3;1-2H3. The van der Waals surface area contributed by atoms with E-state index in [9.17, 15) is 4.39 Å². The van der Waals surface area contributed by atoms with Crippen molar-refractivity contribution in [2.75, 3.05) is 0 Å². The van der Waals surface area contributed by atoms with E-state index in [4.69, 9.17) is 0 Å². The Morgan fingerprint density at radius 2 is 1.93 bits per heavy atom. The summed E-state index contributed by atoms with van der Waals surface area (Å²) in [5.41, 5.74) is 1.30. The molecule has 0 amide bonds. The van der Waals surface area contributed by atoms with Gasteiger partial charge in [0.2, 0.25) is 0 Å². The predicted octanol–water partition coefficient (Wildman–Crippen LogP) is 3.05. The number of imidazole rings is 1. The van der Waals surface area contributed by atoms with Crippen LogP contribution >= 0.6 is 0 Å². The molecule has 0 spiro atoms. The normalized spacial score (nSPS) is 9.79. The van der Waals surface area contributed by atoms with Gasteiger partial charge in [-0.15, -0.1) is 0 Å². The van der Waals surface area contributed by atoms with Crippen LogP contribution in [-0.4, -0.2) is 9.55 Å². The Bertz CT molecular complexity index is 432. The number of fused-ring (bicyclic) bond motifs is 1. The number of hydrogen-bond donors (Lipinski definition) is 0. The van der Waals surface area contributed by atoms with Crippen LogP contribution in [0.2, 0.25) is 0 Å². The highest BCUT2D eigenvalue weighted by atomic mass is 19.1. The van der Waals surface area contributed by atoms with Gasteiger partial charge in [0.15, 0.2) is 5.82 Å². The Morgan fingerprint density at radius 1 is 1.29 bits per heavy atom. The second-order valence-electron chi connectivity index (χ2n) is 2.83. The van der Waals surface area contributed by atoms with Crippen LogP contribution in [0.1, 0.15) is 19.7 Å². The average Bonchev–Trinajstić information content (AvgIpc) is 2.50. The van der Waals surface area contributed by atoms with Gasteiger partial charge in [0.25, 0.3) is 0 Å². The topological polar surface area (TPSA) is 17.8 Å². The summed E-state index contributed by atoms with van der Waals surface area (Å²) in [7, 11) is 1.88. The molecule has 2 aromatic rings. The van der Waals surface area contributed by atoms with Crippen molar-refractivity contribution in [3.63, 3.8) is 0 Å². The lowest BCUT2D eigenvalue weighted by atomic mass is 10.3. The fraction of sp³-hybridized carbons (Fsp3) is 0.364. The highest BCUT2D eigenvalue weighted by Gasteiger charge is 2.06. The van der Waals surface area contributed by atoms with Crippen LogP contribution in [0.15, 0.2) is 18.2 Å². The number of aromatic nitrogens is 2. The third kappa shape index (κ3) is 1.62. The lowest BCUT2D eigenvalue weighted by molar-refractivity contribution is 0.637. The summed E-state index contributed by atoms with van der Waals surface area (Å²) in [5.74, 6) is 0.575. The molecule has 2 rings (SSSR count). The smallest absolute Gasteiger partial charge is 0.151 e. The highest BCUT2D eigenvalue weighted by molar-refractivity contribution is 5.76. The van der Waals surface area contributed by atoms with Crippen LogP contribution in [0.3, 0.4) is 0 Å². The quantitative estimate of drug-likeness (QED) is 0.630. The summed E-state index contributed by atoms with van der Waals surface area (Å²) in [6, 6.07) is 4.98. The van der Waals surface area contributed by atoms with Crippen LogP contribution in [0.4, 0.5) is 4.39 Å². The maximum absolute atomic E-state index is 13.1. The molecule has 14 heavy (non-hydrogen) atoms. The van der Waals surface area contributed by atoms with Gasteiger partial charge in [-0.1, -0.05) is 19.9 Å². The van der Waals surface area contributed by atoms with Crippen molar-refractivity contribution >= 4 is 11.0 Å². The minimum atomic E-state index is -0.254. The third-order valence-corrected chi connectivity index (χ3v) is 2.09. The molecular formula is C11H15FN2. The van der Waals surface area contributed by atoms with Gasteiger partial charge >= 0.3 is 0 Å². The summed E-state index contributed by atoms with van der Waals surface area (Å²) < 4.78 is 15.0. The van der Waals surface area contributed by atoms with E-state index in [-0.39, 0.29) is 5.82 Å². The molecule has 0 radical (unpaired) electrons. The van der Waals surface area contributed by atoms with Crippen molar-refractivity contribution in [3.05, 3.63) is 29.8 Å². The zero-order valence-electron chi connectivity index (χ0n) is 9.00. The molecule has 0 aliphatic carbocycles. The van der Waals surface area contributed by atoms with Crippen LogP contribution in [-0.2, 0) is 7.05 Å². The molecule has 0 unspecified atom stereocenters. The molecular weight excluding hydrogens is 179 g/mol. The van der Waals surface area contributed by atoms with Gasteiger partial charge in [-0.05, 0) is 19.1 Å². The first-order valence-electron chi connectivity index (χ1n) is 4.77. The molecule has 0 aliphatic rings. The first kappa shape index (κ1) is 10.7. The molecule has 0 atom stereocenters. The molecule has 0 N–H and O–H groups in total. The number of hydrogen-bond acceptors (Lipinski definition) is 1. The molecule has 76 valence electrons. The van der Waals surface area contributed by atoms with Gasteiger partial charge in [-0.3, -0.25) is 0 Å². The number of benzene rings is 1. The van der Waals surface area contributed by atoms with E-state index >= 15 is 0 Å². The zero-order chi connectivity index (χ0) is 10.7. The predicted molar refractivity (Wildman–Crippen MR) is 56.8 cm³/mol. The summed E-state index contributed by atoms with van der Waals surface area (Å²) in [6.07, 6.45) is 0. The molecule has 0 aliphatic heterocycles. The van der Waals surface area contributed by atoms with Crippen molar-refractivity contribution in [1.82, 2.24) is 9.55 Å². The summed E-state index contributed by atoms with van der Waals surface area (Å²) in [4.78, 5) is 4.10. The van der Waals surface area contributed by atoms with Gasteiger partial charge in [-0.25, -0.2) is 9.37 Å². The summed E-state index contributed by atoms with van der Waals surface area (Å²) in [6.45, 7) is 5.86. The van der Waals surface area contributed by atoms with E-state index in [1.807, 2.05) is 38.5 Å². The van der Waals surface area contributed by atoms with Crippen LogP contribution < -0.4 is 0 Å². The summed E-state index contributed by atoms with van der Waals surface area (Å²) >= 11 is 0. The monoisotopic (exact) mass is 194 g/mol. The maximum atomic E-state index is 13.1. The zero-order valence-corrected chi connectivity index (χ0v) is 9.00. The number of nitrogens with zero attached hydrogens (tertiary/aromatic N) is 2. The Balaban J connectivity index is 0.000000461. The minimum Gasteiger partial charge on any atom is -0.331 e. The van der Waals surface area contributed by atoms with Gasteiger partial charge in [0.05, 0.1) is 5.52 Å². The van der Waals surface area contributed by atoms with E-state index in [1.165, 1.54) is 6.07 Å². The van der Waals surface area contributed by atoms with Gasteiger partial charge in [0, 0.05) is 7.05 Å². The van der Waals surface area contributed by atoms with Crippen molar-refractivity contribution in [3.8, 4) is 0 Å². The Hall–Kier alpha value is -1.38. The fourth-order valence-electron chi connectivity index (χ4n) is 1.30. The molecule has 0 saturated heterocycles. The van der Waals surface area contributed by atoms with E-state index in [2.05, 4.69) is 4.98 Å². The maximum Gasteiger partial charge on any atom is 0.151 e. The van der Waals surface area contributed by atoms with Crippen molar-refractivity contribution < 1.29 is 4.39 Å². The van der Waals surface area contributed by atoms with Gasteiger partial charge < -0.3 is 4.57 Å². The largest absolute Gasteiger partial charge is 0.331 e. The Morgan fingerprint density at radius 3 is 2.50 bits per heavy atom. The molecule has 0 fully saturated rings. The van der Waals surface area contributed by atoms with E-state index in [0.717, 1.165) is 11.3 Å². The van der Waals surface area contributed by atoms with Crippen molar-refractivity contribution in [2.24, 2.45) is 7.05 Å². The van der Waals surface area contributed by atoms with Crippen molar-refractivity contribution in [2.45, 2.75) is 20.8 Å². The fourth-order valence-corrected chi connectivity index (χ4v) is 1.30. The second kappa shape index (κ2) is 4.22. The Kier molecular flexibility index (Phi) is 3.23. The SMILES string of the molecule is CC.Cc1nc2c(F)cccc2n1C. The molecule has 1 aromatic carbocycles. The third-order valence-electron chi connectivity index (χ3n) is 2.09. The van der Waals surface area contributed by atoms with E-state index < -0.39 is 0 Å². The van der Waals surface area contributed by atoms with E-state index in [1.54, 1.807) is 6.07 Å². The van der Waals surface area contributed by atoms with Crippen molar-refractivity contribution in [1.29, 1.82) is 0 Å².